The quantitative estimate of drug-likeness (QED) is 0.0103. The van der Waals surface area contributed by atoms with Gasteiger partial charge in [0.25, 0.3) is 38.7 Å². The van der Waals surface area contributed by atoms with Crippen LogP contribution >= 0.6 is 34.5 Å². The topological polar surface area (TPSA) is 457 Å². The minimum absolute atomic E-state index is 0.00495. The molecule has 0 fully saturated rings. The van der Waals surface area contributed by atoms with Crippen molar-refractivity contribution >= 4 is 149 Å². The second-order valence-electron chi connectivity index (χ2n) is 28.6. The first kappa shape index (κ1) is 100. The third-order valence-electron chi connectivity index (χ3n) is 18.2. The number of hydrogen-bond acceptors (Lipinski definition) is 24. The molecule has 1 atom stereocenters. The summed E-state index contributed by atoms with van der Waals surface area (Å²) in [5, 5.41) is 25.8. The number of amides is 11. The highest BCUT2D eigenvalue weighted by Gasteiger charge is 2.28. The molecule has 5 aromatic carbocycles. The molecule has 668 valence electrons. The Morgan fingerprint density at radius 2 is 1.17 bits per heavy atom. The second kappa shape index (κ2) is 50.9. The number of thiazole rings is 1. The lowest BCUT2D eigenvalue weighted by Crippen LogP contribution is -2.41. The fourth-order valence-electron chi connectivity index (χ4n) is 10.6. The smallest absolute Gasteiger partial charge is 0.390 e. The minimum Gasteiger partial charge on any atom is -0.494 e. The number of hydrazine groups is 5. The number of hydrogen-bond donors (Lipinski definition) is 16. The lowest BCUT2D eigenvalue weighted by Gasteiger charge is -2.30. The Bertz CT molecular complexity index is 5470. The highest BCUT2D eigenvalue weighted by molar-refractivity contribution is 7.80. The van der Waals surface area contributed by atoms with Gasteiger partial charge in [0, 0.05) is 62.8 Å². The number of urea groups is 5. The van der Waals surface area contributed by atoms with Crippen LogP contribution in [0.2, 0.25) is 5.15 Å². The number of rotatable bonds is 33. The van der Waals surface area contributed by atoms with Gasteiger partial charge in [-0.15, -0.1) is 26.5 Å². The largest absolute Gasteiger partial charge is 0.494 e. The number of nitrogens with zero attached hydrogens (tertiary/aromatic N) is 13. The Morgan fingerprint density at radius 3 is 1.75 bits per heavy atom. The number of anilines is 6. The maximum Gasteiger partial charge on any atom is 0.390 e. The van der Waals surface area contributed by atoms with E-state index in [9.17, 15) is 33.0 Å². The normalized spacial score (nSPS) is 10.6. The van der Waals surface area contributed by atoms with Crippen molar-refractivity contribution in [2.75, 3.05) is 78.9 Å². The van der Waals surface area contributed by atoms with Crippen molar-refractivity contribution in [3.63, 3.8) is 0 Å². The van der Waals surface area contributed by atoms with Gasteiger partial charge in [-0.05, 0) is 175 Å². The molecule has 43 heteroatoms. The van der Waals surface area contributed by atoms with Crippen LogP contribution < -0.4 is 99.8 Å². The first-order valence-corrected chi connectivity index (χ1v) is 42.6. The van der Waals surface area contributed by atoms with Gasteiger partial charge in [-0.3, -0.25) is 46.5 Å². The van der Waals surface area contributed by atoms with Gasteiger partial charge in [-0.25, -0.2) is 64.7 Å². The summed E-state index contributed by atoms with van der Waals surface area (Å²) in [6, 6.07) is 31.0. The number of nitrogens with one attached hydrogen (secondary N) is 16. The van der Waals surface area contributed by atoms with E-state index in [0.29, 0.717) is 63.2 Å². The van der Waals surface area contributed by atoms with Crippen LogP contribution in [0.4, 0.5) is 80.0 Å². The van der Waals surface area contributed by atoms with Gasteiger partial charge in [-0.2, -0.15) is 4.37 Å². The molecule has 11 amide bonds. The van der Waals surface area contributed by atoms with Crippen LogP contribution in [0.5, 0.6) is 17.2 Å². The third-order valence-corrected chi connectivity index (χ3v) is 21.0. The predicted molar refractivity (Wildman–Crippen MR) is 492 cm³/mol. The summed E-state index contributed by atoms with van der Waals surface area (Å²) < 4.78 is 36.9. The molecule has 0 bridgehead atoms. The number of aryl methyl sites for hydroxylation is 6. The van der Waals surface area contributed by atoms with Crippen LogP contribution in [0, 0.1) is 67.8 Å². The predicted octanol–water partition coefficient (Wildman–Crippen LogP) is 15.6. The lowest BCUT2D eigenvalue weighted by molar-refractivity contribution is -0.120. The first-order valence-electron chi connectivity index (χ1n) is 39.5. The zero-order valence-electron chi connectivity index (χ0n) is 72.9. The first-order chi connectivity index (χ1) is 60.2. The Hall–Kier alpha value is -14.3. The van der Waals surface area contributed by atoms with E-state index < -0.39 is 35.2 Å². The molecular weight excluding hydrogens is 1690 g/mol. The monoisotopic (exact) mass is 1800 g/mol. The zero-order chi connectivity index (χ0) is 92.5. The molecule has 0 aliphatic rings. The highest BCUT2D eigenvalue weighted by atomic mass is 35.5. The maximum atomic E-state index is 12.1. The number of imidazole rings is 1. The van der Waals surface area contributed by atoms with Gasteiger partial charge in [0.05, 0.1) is 38.5 Å². The summed E-state index contributed by atoms with van der Waals surface area (Å²) in [7, 11) is 3.13. The van der Waals surface area contributed by atoms with Crippen molar-refractivity contribution in [1.29, 1.82) is 0 Å². The van der Waals surface area contributed by atoms with Gasteiger partial charge in [0.1, 0.15) is 28.1 Å². The molecule has 10 rings (SSSR count). The van der Waals surface area contributed by atoms with Crippen molar-refractivity contribution in [2.45, 2.75) is 151 Å². The van der Waals surface area contributed by atoms with Crippen molar-refractivity contribution in [1.82, 2.24) is 97.4 Å². The third kappa shape index (κ3) is 32.8. The van der Waals surface area contributed by atoms with Crippen LogP contribution in [0.1, 0.15) is 132 Å². The summed E-state index contributed by atoms with van der Waals surface area (Å²) in [6.45, 7) is 60.4. The van der Waals surface area contributed by atoms with E-state index in [1.807, 2.05) is 108 Å². The van der Waals surface area contributed by atoms with E-state index in [1.165, 1.54) is 44.6 Å². The van der Waals surface area contributed by atoms with E-state index in [2.05, 4.69) is 206 Å². The molecule has 0 saturated carbocycles. The Kier molecular flexibility index (Phi) is 40.6. The van der Waals surface area contributed by atoms with Crippen LogP contribution in [0.25, 0.3) is 30.3 Å². The minimum atomic E-state index is -1.86. The molecule has 0 radical (unpaired) electrons. The summed E-state index contributed by atoms with van der Waals surface area (Å²) in [4.78, 5) is 98.0. The van der Waals surface area contributed by atoms with Gasteiger partial charge in [0.2, 0.25) is 11.9 Å². The summed E-state index contributed by atoms with van der Waals surface area (Å²) >= 11 is 6.43. The molecule has 10 aromatic rings. The zero-order valence-corrected chi connectivity index (χ0v) is 76.1. The van der Waals surface area contributed by atoms with Crippen molar-refractivity contribution in [3.8, 4) is 17.2 Å². The molecule has 5 heterocycles. The van der Waals surface area contributed by atoms with Crippen LogP contribution in [0.3, 0.4) is 0 Å². The van der Waals surface area contributed by atoms with Gasteiger partial charge in [0.15, 0.2) is 16.0 Å². The SMILES string of the molecule is CCNC(=O)NNc1ncc(S(=O)Oc2ccc(C)cc2)nc1Cl.CCn1c(C)nnc1NNC(=O)NCCC(=O)NC.Cc1cc(C)cc(OCCCNC(=O)NNc2snc3ccc(C)cc23)c1.[C-]#[N+]c1nc(NNC(=O)NCCCOc2ccc(C(C)(C)CC)cc2C(C)(C)CC)sc1[N+]#[C-].[C-]#[N+]c1nc(NNC(=O)Nc2ccc(C)cc2)n(C)c1[N+]#[C-]. The number of fused-ring (bicyclic) bond motifs is 1. The van der Waals surface area contributed by atoms with Crippen molar-refractivity contribution < 1.29 is 46.6 Å². The van der Waals surface area contributed by atoms with E-state index in [1.54, 1.807) is 45.3 Å². The number of aromatic nitrogens is 9. The molecule has 5 aromatic heterocycles. The fourth-order valence-corrected chi connectivity index (χ4v) is 12.8. The molecule has 16 N–H and O–H groups in total. The molecule has 1 unspecified atom stereocenters. The molecule has 0 spiro atoms. The Labute approximate surface area is 747 Å². The van der Waals surface area contributed by atoms with E-state index >= 15 is 0 Å². The summed E-state index contributed by atoms with van der Waals surface area (Å²) in [5.41, 5.74) is 35.4. The van der Waals surface area contributed by atoms with Gasteiger partial charge < -0.3 is 60.1 Å². The summed E-state index contributed by atoms with van der Waals surface area (Å²) in [6.07, 6.45) is 4.91. The average molecular weight is 1800 g/mol. The van der Waals surface area contributed by atoms with Gasteiger partial charge >= 0.3 is 36.1 Å². The summed E-state index contributed by atoms with van der Waals surface area (Å²) in [5.74, 6) is 3.74. The number of carbonyl (C=O) groups excluding carboxylic acids is 6. The van der Waals surface area contributed by atoms with E-state index in [4.69, 9.17) is 51.5 Å². The molecule has 126 heavy (non-hydrogen) atoms. The van der Waals surface area contributed by atoms with Crippen LogP contribution in [-0.2, 0) is 40.3 Å². The lowest BCUT2D eigenvalue weighted by atomic mass is 9.76. The Morgan fingerprint density at radius 1 is 0.579 bits per heavy atom. The fraction of sp³-hybridized carbons (Fsp3) is 0.361. The average Bonchev–Trinajstić information content (AvgIpc) is 1.09. The number of ether oxygens (including phenoxy) is 2. The van der Waals surface area contributed by atoms with E-state index in [-0.39, 0.29) is 85.3 Å². The highest BCUT2D eigenvalue weighted by Crippen LogP contribution is 2.40. The standard InChI is InChI=1S/C25H34N6O2S.C20H24N4O2S.C14H16ClN5O3S.C14H13N7O.C10H19N7O2/c1-9-24(3,4)17-12-13-19(18(16-17)25(5,6)10-2)33-15-11-14-28-22(32)30-31-23-29-20(26-7)21(27-8)34-23;1-13-5-6-18-17(12-13)19(27-24-18)22-23-20(25)21-7-4-8-26-16-10-14(2)9-15(3)11-16;1-3-16-14(21)20-19-13-12(15)18-11(8-17-13)24(22)23-10-6-4-9(2)5-7-10;1-9-5-7-10(8-6-9)17-14(22)20-19-13-18-11(15-2)12(16-3)21(13)4;1-4-17-7(2)13-14-9(17)15-16-10(19)12-6-5-8(18)11-3/h12-13,16H,9-11,14-15H2,1-6H3,(H,29,31)(H2,28,30,32);5-6,9-12,22H,4,7-8H2,1-3H3,(H2,21,23,25);4-8H,3H2,1-2H3,(H,17,19)(H2,16,20,21);5-8H,1,4H3,(H,18,19)(H2,17,20,22);4-6H2,1-3H3,(H,11,18)(H,14,15)(H2,12,16,19). The van der Waals surface area contributed by atoms with Crippen molar-refractivity contribution in [3.05, 3.63) is 205 Å². The van der Waals surface area contributed by atoms with Crippen LogP contribution in [-0.4, -0.2) is 130 Å². The molecule has 0 aliphatic heterocycles. The Balaban J connectivity index is 0.000000247. The molecule has 0 saturated heterocycles. The number of carbonyl (C=O) groups is 6. The van der Waals surface area contributed by atoms with Crippen LogP contribution in [0.15, 0.2) is 114 Å². The molecular formula is C83H106ClN29O10S3. The second-order valence-corrected chi connectivity index (χ2v) is 31.8. The van der Waals surface area contributed by atoms with Crippen molar-refractivity contribution in [2.24, 2.45) is 7.05 Å². The van der Waals surface area contributed by atoms with Gasteiger partial charge in [-0.1, -0.05) is 143 Å². The molecule has 0 aliphatic carbocycles. The maximum absolute atomic E-state index is 12.1. The molecule has 39 nitrogen and oxygen atoms in total. The number of halogens is 1. The van der Waals surface area contributed by atoms with E-state index in [0.717, 1.165) is 80.5 Å². The number of benzene rings is 5.